The number of rotatable bonds is 4. The van der Waals surface area contributed by atoms with Crippen LogP contribution in [0.1, 0.15) is 19.4 Å². The highest BCUT2D eigenvalue weighted by atomic mass is 16.7. The van der Waals surface area contributed by atoms with Gasteiger partial charge in [-0.05, 0) is 42.1 Å². The standard InChI is InChI=1S/C26H19N3O4/c1-16(27-33-17(2)30)19-10-12-25-22(14-19)23-15-20(29(31)32)11-13-26(23)28(25)24-9-5-7-18-6-3-4-8-21(18)24/h3-15H,1-2H3/b27-16+. The molecule has 0 aliphatic carbocycles. The monoisotopic (exact) mass is 437 g/mol. The van der Waals surface area contributed by atoms with E-state index in [1.165, 1.54) is 13.0 Å². The molecule has 0 radical (unpaired) electrons. The van der Waals surface area contributed by atoms with Crippen LogP contribution in [0.2, 0.25) is 0 Å². The van der Waals surface area contributed by atoms with Crippen LogP contribution in [0.3, 0.4) is 0 Å². The van der Waals surface area contributed by atoms with E-state index in [0.29, 0.717) is 5.71 Å². The molecule has 0 fully saturated rings. The zero-order valence-corrected chi connectivity index (χ0v) is 18.0. The van der Waals surface area contributed by atoms with Crippen molar-refractivity contribution in [2.75, 3.05) is 0 Å². The smallest absolute Gasteiger partial charge is 0.318 e. The average Bonchev–Trinajstić information content (AvgIpc) is 3.15. The van der Waals surface area contributed by atoms with Gasteiger partial charge in [0.2, 0.25) is 0 Å². The predicted molar refractivity (Wildman–Crippen MR) is 129 cm³/mol. The lowest BCUT2D eigenvalue weighted by Crippen LogP contribution is -2.00. The second kappa shape index (κ2) is 7.87. The summed E-state index contributed by atoms with van der Waals surface area (Å²) >= 11 is 0. The Labute approximate surface area is 188 Å². The second-order valence-corrected chi connectivity index (χ2v) is 7.78. The van der Waals surface area contributed by atoms with E-state index in [1.807, 2.05) is 42.5 Å². The maximum Gasteiger partial charge on any atom is 0.331 e. The van der Waals surface area contributed by atoms with Crippen LogP contribution in [0.5, 0.6) is 0 Å². The van der Waals surface area contributed by atoms with E-state index < -0.39 is 10.9 Å². The Balaban J connectivity index is 1.85. The van der Waals surface area contributed by atoms with Gasteiger partial charge >= 0.3 is 5.97 Å². The van der Waals surface area contributed by atoms with Gasteiger partial charge in [0.1, 0.15) is 0 Å². The van der Waals surface area contributed by atoms with Crippen molar-refractivity contribution in [3.8, 4) is 5.69 Å². The number of aromatic nitrogens is 1. The average molecular weight is 437 g/mol. The second-order valence-electron chi connectivity index (χ2n) is 7.78. The molecular formula is C26H19N3O4. The van der Waals surface area contributed by atoms with Gasteiger partial charge in [-0.1, -0.05) is 47.6 Å². The molecular weight excluding hydrogens is 418 g/mol. The summed E-state index contributed by atoms with van der Waals surface area (Å²) in [6.45, 7) is 3.04. The van der Waals surface area contributed by atoms with Crippen molar-refractivity contribution >= 4 is 49.9 Å². The van der Waals surface area contributed by atoms with E-state index in [-0.39, 0.29) is 5.69 Å². The summed E-state index contributed by atoms with van der Waals surface area (Å²) in [5, 5.41) is 19.2. The molecule has 0 spiro atoms. The van der Waals surface area contributed by atoms with Gasteiger partial charge < -0.3 is 9.40 Å². The third-order valence-corrected chi connectivity index (χ3v) is 5.70. The van der Waals surface area contributed by atoms with Crippen molar-refractivity contribution in [1.29, 1.82) is 0 Å². The Kier molecular flexibility index (Phi) is 4.86. The van der Waals surface area contributed by atoms with Gasteiger partial charge in [-0.2, -0.15) is 0 Å². The van der Waals surface area contributed by atoms with Crippen LogP contribution in [-0.4, -0.2) is 21.2 Å². The molecule has 33 heavy (non-hydrogen) atoms. The predicted octanol–water partition coefficient (Wildman–Crippen LogP) is 6.13. The molecule has 0 atom stereocenters. The molecule has 0 N–H and O–H groups in total. The van der Waals surface area contributed by atoms with Crippen molar-refractivity contribution < 1.29 is 14.6 Å². The molecule has 7 nitrogen and oxygen atoms in total. The van der Waals surface area contributed by atoms with Crippen molar-refractivity contribution in [3.63, 3.8) is 0 Å². The van der Waals surface area contributed by atoms with Gasteiger partial charge in [0.15, 0.2) is 0 Å². The Morgan fingerprint density at radius 3 is 2.33 bits per heavy atom. The lowest BCUT2D eigenvalue weighted by Gasteiger charge is -2.11. The van der Waals surface area contributed by atoms with Crippen molar-refractivity contribution in [3.05, 3.63) is 94.5 Å². The fourth-order valence-electron chi connectivity index (χ4n) is 4.20. The van der Waals surface area contributed by atoms with Gasteiger partial charge in [0.25, 0.3) is 5.69 Å². The molecule has 1 heterocycles. The molecule has 4 aromatic carbocycles. The lowest BCUT2D eigenvalue weighted by atomic mass is 10.1. The zero-order chi connectivity index (χ0) is 23.1. The van der Waals surface area contributed by atoms with Crippen LogP contribution in [0.15, 0.2) is 84.0 Å². The minimum Gasteiger partial charge on any atom is -0.318 e. The molecule has 0 amide bonds. The highest BCUT2D eigenvalue weighted by molar-refractivity contribution is 6.13. The van der Waals surface area contributed by atoms with Gasteiger partial charge in [0.05, 0.1) is 27.4 Å². The molecule has 0 aliphatic rings. The third-order valence-electron chi connectivity index (χ3n) is 5.70. The molecule has 0 unspecified atom stereocenters. The van der Waals surface area contributed by atoms with Crippen LogP contribution < -0.4 is 0 Å². The SMILES string of the molecule is CC(=O)O/N=C(\C)c1ccc2c(c1)c1cc([N+](=O)[O-])ccc1n2-c1cccc2ccccc12. The van der Waals surface area contributed by atoms with Crippen molar-refractivity contribution in [2.45, 2.75) is 13.8 Å². The summed E-state index contributed by atoms with van der Waals surface area (Å²) in [7, 11) is 0. The fourth-order valence-corrected chi connectivity index (χ4v) is 4.20. The molecule has 0 aliphatic heterocycles. The Morgan fingerprint density at radius 1 is 0.879 bits per heavy atom. The molecule has 162 valence electrons. The molecule has 1 aromatic heterocycles. The van der Waals surface area contributed by atoms with Gasteiger partial charge in [-0.3, -0.25) is 10.1 Å². The summed E-state index contributed by atoms with van der Waals surface area (Å²) in [6, 6.07) is 24.9. The third kappa shape index (κ3) is 3.49. The maximum absolute atomic E-state index is 11.5. The number of hydrogen-bond acceptors (Lipinski definition) is 5. The van der Waals surface area contributed by atoms with E-state index >= 15 is 0 Å². The summed E-state index contributed by atoms with van der Waals surface area (Å²) in [5.41, 5.74) is 4.07. The van der Waals surface area contributed by atoms with Gasteiger partial charge in [-0.15, -0.1) is 0 Å². The molecule has 5 rings (SSSR count). The summed E-state index contributed by atoms with van der Waals surface area (Å²) in [5.74, 6) is -0.501. The van der Waals surface area contributed by atoms with E-state index in [0.717, 1.165) is 43.8 Å². The topological polar surface area (TPSA) is 86.7 Å². The number of non-ortho nitro benzene ring substituents is 1. The number of oxime groups is 1. The number of fused-ring (bicyclic) bond motifs is 4. The molecule has 7 heteroatoms. The quantitative estimate of drug-likeness (QED) is 0.146. The van der Waals surface area contributed by atoms with Crippen LogP contribution in [-0.2, 0) is 9.63 Å². The molecule has 0 saturated heterocycles. The fraction of sp³-hybridized carbons (Fsp3) is 0.0769. The number of nitrogens with zero attached hydrogens (tertiary/aromatic N) is 3. The minimum absolute atomic E-state index is 0.0233. The van der Waals surface area contributed by atoms with E-state index in [9.17, 15) is 14.9 Å². The highest BCUT2D eigenvalue weighted by Crippen LogP contribution is 2.36. The maximum atomic E-state index is 11.5. The first-order valence-corrected chi connectivity index (χ1v) is 10.4. The first-order valence-electron chi connectivity index (χ1n) is 10.4. The summed E-state index contributed by atoms with van der Waals surface area (Å²) in [6.07, 6.45) is 0. The minimum atomic E-state index is -0.501. The van der Waals surface area contributed by atoms with Gasteiger partial charge in [0, 0.05) is 35.2 Å². The number of nitro benzene ring substituents is 1. The molecule has 0 bridgehead atoms. The highest BCUT2D eigenvalue weighted by Gasteiger charge is 2.18. The lowest BCUT2D eigenvalue weighted by molar-refractivity contribution is -0.384. The van der Waals surface area contributed by atoms with Gasteiger partial charge in [-0.25, -0.2) is 4.79 Å². The van der Waals surface area contributed by atoms with E-state index in [2.05, 4.69) is 27.9 Å². The Hall–Kier alpha value is -4.52. The van der Waals surface area contributed by atoms with E-state index in [1.54, 1.807) is 19.1 Å². The number of benzene rings is 4. The van der Waals surface area contributed by atoms with Crippen LogP contribution in [0.25, 0.3) is 38.3 Å². The van der Waals surface area contributed by atoms with E-state index in [4.69, 9.17) is 4.84 Å². The summed E-state index contributed by atoms with van der Waals surface area (Å²) in [4.78, 5) is 27.0. The Morgan fingerprint density at radius 2 is 1.58 bits per heavy atom. The normalized spacial score (nSPS) is 11.9. The Bertz CT molecular complexity index is 1610. The van der Waals surface area contributed by atoms with Crippen LogP contribution >= 0.6 is 0 Å². The van der Waals surface area contributed by atoms with Crippen LogP contribution in [0, 0.1) is 10.1 Å². The zero-order valence-electron chi connectivity index (χ0n) is 18.0. The molecule has 0 saturated carbocycles. The van der Waals surface area contributed by atoms with Crippen LogP contribution in [0.4, 0.5) is 5.69 Å². The first-order chi connectivity index (χ1) is 15.9. The van der Waals surface area contributed by atoms with Crippen molar-refractivity contribution in [2.24, 2.45) is 5.16 Å². The number of hydrogen-bond donors (Lipinski definition) is 0. The van der Waals surface area contributed by atoms with Crippen molar-refractivity contribution in [1.82, 2.24) is 4.57 Å². The molecule has 5 aromatic rings. The summed E-state index contributed by atoms with van der Waals surface area (Å²) < 4.78 is 2.12. The number of carbonyl (C=O) groups excluding carboxylic acids is 1. The number of nitro groups is 1. The largest absolute Gasteiger partial charge is 0.331 e. The first kappa shape index (κ1) is 20.4. The number of carbonyl (C=O) groups is 1.